The average molecular weight is 329 g/mol. The summed E-state index contributed by atoms with van der Waals surface area (Å²) in [5.41, 5.74) is 0.359. The van der Waals surface area contributed by atoms with Crippen molar-refractivity contribution in [1.29, 1.82) is 0 Å². The van der Waals surface area contributed by atoms with E-state index in [0.29, 0.717) is 10.7 Å². The highest BCUT2D eigenvalue weighted by molar-refractivity contribution is 6.30. The summed E-state index contributed by atoms with van der Waals surface area (Å²) in [7, 11) is 0. The van der Waals surface area contributed by atoms with Crippen molar-refractivity contribution in [3.05, 3.63) is 57.9 Å². The number of hydrogen-bond acceptors (Lipinski definition) is 2. The van der Waals surface area contributed by atoms with E-state index in [1.165, 1.54) is 6.92 Å². The van der Waals surface area contributed by atoms with Crippen molar-refractivity contribution in [3.63, 3.8) is 0 Å². The van der Waals surface area contributed by atoms with Gasteiger partial charge in [-0.1, -0.05) is 11.6 Å². The smallest absolute Gasteiger partial charge is 0.322 e. The van der Waals surface area contributed by atoms with E-state index >= 15 is 0 Å². The first-order valence-electron chi connectivity index (χ1n) is 6.31. The van der Waals surface area contributed by atoms with Crippen molar-refractivity contribution >= 4 is 23.2 Å². The first-order valence-corrected chi connectivity index (χ1v) is 6.68. The number of carbonyl (C=O) groups excluding carboxylic acids is 1. The molecule has 7 heteroatoms. The van der Waals surface area contributed by atoms with Crippen LogP contribution in [0.1, 0.15) is 27.3 Å². The Balaban J connectivity index is 2.26. The minimum absolute atomic E-state index is 0.0129. The summed E-state index contributed by atoms with van der Waals surface area (Å²) < 4.78 is 37.7. The van der Waals surface area contributed by atoms with Crippen LogP contribution in [0, 0.1) is 13.8 Å². The van der Waals surface area contributed by atoms with E-state index < -0.39 is 17.8 Å². The number of nitrogens with zero attached hydrogens (tertiary/aromatic N) is 1. The van der Waals surface area contributed by atoms with Crippen molar-refractivity contribution in [2.45, 2.75) is 20.0 Å². The van der Waals surface area contributed by atoms with Crippen molar-refractivity contribution in [2.75, 3.05) is 5.32 Å². The maximum absolute atomic E-state index is 12.6. The predicted octanol–water partition coefficient (Wildman–Crippen LogP) is 4.62. The summed E-state index contributed by atoms with van der Waals surface area (Å²) >= 11 is 5.83. The first kappa shape index (κ1) is 16.3. The van der Waals surface area contributed by atoms with Crippen molar-refractivity contribution in [1.82, 2.24) is 4.98 Å². The van der Waals surface area contributed by atoms with Gasteiger partial charge in [-0.25, -0.2) is 4.98 Å². The van der Waals surface area contributed by atoms with E-state index in [4.69, 9.17) is 11.6 Å². The molecule has 0 aliphatic rings. The van der Waals surface area contributed by atoms with Gasteiger partial charge in [-0.3, -0.25) is 4.79 Å². The molecule has 3 nitrogen and oxygen atoms in total. The van der Waals surface area contributed by atoms with Crippen LogP contribution in [0.3, 0.4) is 0 Å². The molecule has 0 saturated heterocycles. The molecule has 1 N–H and O–H groups in total. The van der Waals surface area contributed by atoms with E-state index in [0.717, 1.165) is 17.7 Å². The molecular weight excluding hydrogens is 317 g/mol. The van der Waals surface area contributed by atoms with Crippen LogP contribution in [0.15, 0.2) is 30.3 Å². The topological polar surface area (TPSA) is 42.0 Å². The molecule has 1 aromatic heterocycles. The number of halogens is 4. The molecule has 1 amide bonds. The van der Waals surface area contributed by atoms with Gasteiger partial charge in [0, 0.05) is 10.7 Å². The second-order valence-electron chi connectivity index (χ2n) is 4.74. The van der Waals surface area contributed by atoms with Gasteiger partial charge in [-0.15, -0.1) is 0 Å². The van der Waals surface area contributed by atoms with Crippen LogP contribution in [0.2, 0.25) is 5.02 Å². The predicted molar refractivity (Wildman–Crippen MR) is 78.1 cm³/mol. The van der Waals surface area contributed by atoms with Gasteiger partial charge in [0.25, 0.3) is 5.91 Å². The number of alkyl halides is 3. The molecule has 116 valence electrons. The quantitative estimate of drug-likeness (QED) is 0.873. The second-order valence-corrected chi connectivity index (χ2v) is 5.18. The Kier molecular flexibility index (Phi) is 4.42. The van der Waals surface area contributed by atoms with Gasteiger partial charge < -0.3 is 5.32 Å². The van der Waals surface area contributed by atoms with Crippen molar-refractivity contribution < 1.29 is 18.0 Å². The lowest BCUT2D eigenvalue weighted by atomic mass is 10.1. The molecule has 0 aliphatic heterocycles. The molecule has 0 bridgehead atoms. The maximum Gasteiger partial charge on any atom is 0.433 e. The lowest BCUT2D eigenvalue weighted by molar-refractivity contribution is -0.141. The zero-order valence-electron chi connectivity index (χ0n) is 11.8. The Morgan fingerprint density at radius 3 is 2.41 bits per heavy atom. The lowest BCUT2D eigenvalue weighted by Gasteiger charge is -2.12. The number of rotatable bonds is 2. The van der Waals surface area contributed by atoms with E-state index in [-0.39, 0.29) is 11.3 Å². The number of pyridine rings is 1. The molecule has 22 heavy (non-hydrogen) atoms. The first-order chi connectivity index (χ1) is 10.2. The lowest BCUT2D eigenvalue weighted by Crippen LogP contribution is -2.17. The minimum atomic E-state index is -4.54. The Labute approximate surface area is 130 Å². The highest BCUT2D eigenvalue weighted by Gasteiger charge is 2.33. The van der Waals surface area contributed by atoms with Crippen LogP contribution in [0.25, 0.3) is 0 Å². The van der Waals surface area contributed by atoms with Gasteiger partial charge in [0.1, 0.15) is 5.69 Å². The molecule has 2 rings (SSSR count). The number of anilines is 1. The molecule has 1 heterocycles. The minimum Gasteiger partial charge on any atom is -0.322 e. The highest BCUT2D eigenvalue weighted by atomic mass is 35.5. The number of hydrogen-bond donors (Lipinski definition) is 1. The largest absolute Gasteiger partial charge is 0.433 e. The molecule has 0 saturated carbocycles. The molecule has 0 radical (unpaired) electrons. The molecular formula is C15H12ClF3N2O. The number of carbonyl (C=O) groups is 1. The Bertz CT molecular complexity index is 729. The molecule has 0 fully saturated rings. The number of aromatic nitrogens is 1. The summed E-state index contributed by atoms with van der Waals surface area (Å²) in [5, 5.41) is 3.16. The zero-order valence-corrected chi connectivity index (χ0v) is 12.5. The Hall–Kier alpha value is -2.08. The fraction of sp³-hybridized carbons (Fsp3) is 0.200. The molecule has 1 aromatic carbocycles. The van der Waals surface area contributed by atoms with Crippen LogP contribution >= 0.6 is 11.6 Å². The summed E-state index contributed by atoms with van der Waals surface area (Å²) in [5.74, 6) is -0.524. The number of amides is 1. The third-order valence-corrected chi connectivity index (χ3v) is 3.29. The summed E-state index contributed by atoms with van der Waals surface area (Å²) in [6.07, 6.45) is -4.54. The van der Waals surface area contributed by atoms with Crippen LogP contribution in [0.4, 0.5) is 18.9 Å². The molecule has 2 aromatic rings. The standard InChI is InChI=1S/C15H12ClF3N2O/c1-8-7-10(16)3-5-12(8)21-14(22)11-4-6-13(15(17,18)19)20-9(11)2/h3-7H,1-2H3,(H,21,22). The normalized spacial score (nSPS) is 11.4. The number of aryl methyl sites for hydroxylation is 2. The second kappa shape index (κ2) is 5.96. The van der Waals surface area contributed by atoms with E-state index in [9.17, 15) is 18.0 Å². The van der Waals surface area contributed by atoms with Gasteiger partial charge in [-0.2, -0.15) is 13.2 Å². The van der Waals surface area contributed by atoms with Crippen LogP contribution in [-0.2, 0) is 6.18 Å². The fourth-order valence-electron chi connectivity index (χ4n) is 1.92. The van der Waals surface area contributed by atoms with Crippen LogP contribution in [0.5, 0.6) is 0 Å². The summed E-state index contributed by atoms with van der Waals surface area (Å²) in [6, 6.07) is 6.82. The Morgan fingerprint density at radius 1 is 1.18 bits per heavy atom. The Morgan fingerprint density at radius 2 is 1.86 bits per heavy atom. The van der Waals surface area contributed by atoms with Crippen molar-refractivity contribution in [3.8, 4) is 0 Å². The number of benzene rings is 1. The highest BCUT2D eigenvalue weighted by Crippen LogP contribution is 2.28. The molecule has 0 aliphatic carbocycles. The van der Waals surface area contributed by atoms with E-state index in [2.05, 4.69) is 10.3 Å². The van der Waals surface area contributed by atoms with E-state index in [1.807, 2.05) is 0 Å². The average Bonchev–Trinajstić information content (AvgIpc) is 2.40. The summed E-state index contributed by atoms with van der Waals surface area (Å²) in [6.45, 7) is 3.12. The van der Waals surface area contributed by atoms with Gasteiger partial charge in [-0.05, 0) is 49.7 Å². The van der Waals surface area contributed by atoms with Crippen LogP contribution in [-0.4, -0.2) is 10.9 Å². The molecule has 0 atom stereocenters. The SMILES string of the molecule is Cc1cc(Cl)ccc1NC(=O)c1ccc(C(F)(F)F)nc1C. The third kappa shape index (κ3) is 3.57. The van der Waals surface area contributed by atoms with Gasteiger partial charge in [0.2, 0.25) is 0 Å². The fourth-order valence-corrected chi connectivity index (χ4v) is 2.14. The van der Waals surface area contributed by atoms with Gasteiger partial charge in [0.05, 0.1) is 11.3 Å². The monoisotopic (exact) mass is 328 g/mol. The maximum atomic E-state index is 12.6. The summed E-state index contributed by atoms with van der Waals surface area (Å²) in [4.78, 5) is 15.6. The zero-order chi connectivity index (χ0) is 16.5. The van der Waals surface area contributed by atoms with Crippen LogP contribution < -0.4 is 5.32 Å². The van der Waals surface area contributed by atoms with Crippen molar-refractivity contribution in [2.24, 2.45) is 0 Å². The van der Waals surface area contributed by atoms with Gasteiger partial charge in [0.15, 0.2) is 0 Å². The number of nitrogens with one attached hydrogen (secondary N) is 1. The molecule has 0 spiro atoms. The molecule has 0 unspecified atom stereocenters. The van der Waals surface area contributed by atoms with Gasteiger partial charge >= 0.3 is 6.18 Å². The van der Waals surface area contributed by atoms with E-state index in [1.54, 1.807) is 25.1 Å². The third-order valence-electron chi connectivity index (χ3n) is 3.06.